The fourth-order valence-corrected chi connectivity index (χ4v) is 4.82. The van der Waals surface area contributed by atoms with Gasteiger partial charge >= 0.3 is 5.97 Å². The first-order valence-electron chi connectivity index (χ1n) is 10.7. The van der Waals surface area contributed by atoms with Gasteiger partial charge in [-0.1, -0.05) is 36.9 Å². The molecule has 0 spiro atoms. The van der Waals surface area contributed by atoms with Gasteiger partial charge in [0.1, 0.15) is 10.8 Å². The standard InChI is InChI=1S/C23H28N4O4S2/c1-6-16-12-17(22(29)30-7-2)21(33-16)24-19(28)13-32-23-26-25-20(27(23)5)15(4)31-18-11-9-8-10-14(18)3/h8-12,15H,6-7,13H2,1-5H3,(H,24,28). The number of nitrogens with one attached hydrogen (secondary N) is 1. The first kappa shape index (κ1) is 24.8. The SMILES string of the molecule is CCOC(=O)c1cc(CC)sc1NC(=O)CSc1nnc(C(C)Oc2ccccc2C)n1C. The Morgan fingerprint density at radius 1 is 1.24 bits per heavy atom. The highest BCUT2D eigenvalue weighted by molar-refractivity contribution is 7.99. The lowest BCUT2D eigenvalue weighted by Gasteiger charge is -2.15. The van der Waals surface area contributed by atoms with Crippen molar-refractivity contribution in [2.24, 2.45) is 7.05 Å². The lowest BCUT2D eigenvalue weighted by molar-refractivity contribution is -0.113. The number of para-hydroxylation sites is 1. The quantitative estimate of drug-likeness (QED) is 0.324. The molecule has 0 aliphatic carbocycles. The average Bonchev–Trinajstić information content (AvgIpc) is 3.37. The van der Waals surface area contributed by atoms with Crippen LogP contribution in [-0.4, -0.2) is 39.0 Å². The number of carbonyl (C=O) groups is 2. The smallest absolute Gasteiger partial charge is 0.341 e. The zero-order valence-electron chi connectivity index (χ0n) is 19.4. The molecule has 0 radical (unpaired) electrons. The fourth-order valence-electron chi connectivity index (χ4n) is 3.10. The molecule has 176 valence electrons. The summed E-state index contributed by atoms with van der Waals surface area (Å²) in [6.45, 7) is 7.93. The van der Waals surface area contributed by atoms with Crippen LogP contribution >= 0.6 is 23.1 Å². The third-order valence-corrected chi connectivity index (χ3v) is 7.06. The summed E-state index contributed by atoms with van der Waals surface area (Å²) in [6, 6.07) is 9.57. The largest absolute Gasteiger partial charge is 0.482 e. The van der Waals surface area contributed by atoms with Crippen LogP contribution in [0.25, 0.3) is 0 Å². The number of thiophene rings is 1. The Morgan fingerprint density at radius 2 is 2.00 bits per heavy atom. The molecule has 0 aliphatic heterocycles. The van der Waals surface area contributed by atoms with Crippen LogP contribution in [0.2, 0.25) is 0 Å². The lowest BCUT2D eigenvalue weighted by Crippen LogP contribution is -2.16. The molecule has 1 atom stereocenters. The van der Waals surface area contributed by atoms with Gasteiger partial charge in [-0.15, -0.1) is 21.5 Å². The van der Waals surface area contributed by atoms with Crippen molar-refractivity contribution in [2.45, 2.75) is 45.4 Å². The number of aromatic nitrogens is 3. The second kappa shape index (κ2) is 11.3. The van der Waals surface area contributed by atoms with Crippen molar-refractivity contribution in [1.82, 2.24) is 14.8 Å². The van der Waals surface area contributed by atoms with Crippen LogP contribution in [0.5, 0.6) is 5.75 Å². The number of carbonyl (C=O) groups excluding carboxylic acids is 2. The highest BCUT2D eigenvalue weighted by Crippen LogP contribution is 2.30. The average molecular weight is 489 g/mol. The molecule has 0 saturated carbocycles. The van der Waals surface area contributed by atoms with E-state index in [1.165, 1.54) is 23.1 Å². The number of rotatable bonds is 10. The van der Waals surface area contributed by atoms with Crippen LogP contribution in [0.4, 0.5) is 5.00 Å². The van der Waals surface area contributed by atoms with Gasteiger partial charge in [-0.05, 0) is 44.9 Å². The summed E-state index contributed by atoms with van der Waals surface area (Å²) in [5.74, 6) is 0.916. The highest BCUT2D eigenvalue weighted by Gasteiger charge is 2.21. The Kier molecular flexibility index (Phi) is 8.51. The maximum Gasteiger partial charge on any atom is 0.341 e. The molecule has 1 N–H and O–H groups in total. The predicted octanol–water partition coefficient (Wildman–Crippen LogP) is 4.79. The van der Waals surface area contributed by atoms with E-state index < -0.39 is 5.97 Å². The molecule has 0 fully saturated rings. The molecular formula is C23H28N4O4S2. The zero-order chi connectivity index (χ0) is 24.0. The third-order valence-electron chi connectivity index (χ3n) is 4.84. The van der Waals surface area contributed by atoms with Gasteiger partial charge in [0.05, 0.1) is 17.9 Å². The van der Waals surface area contributed by atoms with Crippen LogP contribution < -0.4 is 10.1 Å². The number of amides is 1. The van der Waals surface area contributed by atoms with Crippen molar-refractivity contribution in [2.75, 3.05) is 17.7 Å². The highest BCUT2D eigenvalue weighted by atomic mass is 32.2. The van der Waals surface area contributed by atoms with Crippen LogP contribution in [0.3, 0.4) is 0 Å². The molecule has 1 aromatic carbocycles. The Morgan fingerprint density at radius 3 is 2.70 bits per heavy atom. The normalized spacial score (nSPS) is 11.8. The molecule has 8 nitrogen and oxygen atoms in total. The van der Waals surface area contributed by atoms with E-state index in [2.05, 4.69) is 15.5 Å². The fraction of sp³-hybridized carbons (Fsp3) is 0.391. The van der Waals surface area contributed by atoms with Crippen molar-refractivity contribution in [3.8, 4) is 5.75 Å². The van der Waals surface area contributed by atoms with E-state index in [1.54, 1.807) is 13.0 Å². The number of ether oxygens (including phenoxy) is 2. The summed E-state index contributed by atoms with van der Waals surface area (Å²) < 4.78 is 13.0. The summed E-state index contributed by atoms with van der Waals surface area (Å²) in [6.07, 6.45) is 0.462. The van der Waals surface area contributed by atoms with E-state index in [0.717, 1.165) is 22.6 Å². The minimum absolute atomic E-state index is 0.126. The molecule has 1 amide bonds. The van der Waals surface area contributed by atoms with Crippen LogP contribution in [0.1, 0.15) is 53.5 Å². The van der Waals surface area contributed by atoms with Gasteiger partial charge < -0.3 is 19.4 Å². The third kappa shape index (κ3) is 6.14. The zero-order valence-corrected chi connectivity index (χ0v) is 21.0. The summed E-state index contributed by atoms with van der Waals surface area (Å²) in [5.41, 5.74) is 1.43. The number of hydrogen-bond acceptors (Lipinski definition) is 8. The molecule has 2 heterocycles. The number of hydrogen-bond donors (Lipinski definition) is 1. The van der Waals surface area contributed by atoms with Crippen LogP contribution in [-0.2, 0) is 23.0 Å². The minimum atomic E-state index is -0.433. The Bertz CT molecular complexity index is 1130. The Hall–Kier alpha value is -2.85. The number of esters is 1. The summed E-state index contributed by atoms with van der Waals surface area (Å²) in [4.78, 5) is 25.8. The van der Waals surface area contributed by atoms with E-state index in [0.29, 0.717) is 21.5 Å². The van der Waals surface area contributed by atoms with Crippen LogP contribution in [0, 0.1) is 6.92 Å². The number of aryl methyl sites for hydroxylation is 2. The molecule has 0 bridgehead atoms. The van der Waals surface area contributed by atoms with Gasteiger partial charge in [0.25, 0.3) is 0 Å². The van der Waals surface area contributed by atoms with E-state index in [1.807, 2.05) is 56.7 Å². The summed E-state index contributed by atoms with van der Waals surface area (Å²) >= 11 is 2.65. The molecule has 0 aliphatic rings. The Balaban J connectivity index is 1.62. The van der Waals surface area contributed by atoms with Gasteiger partial charge in [-0.3, -0.25) is 4.79 Å². The van der Waals surface area contributed by atoms with Gasteiger partial charge in [-0.2, -0.15) is 0 Å². The predicted molar refractivity (Wildman–Crippen MR) is 130 cm³/mol. The van der Waals surface area contributed by atoms with Crippen LogP contribution in [0.15, 0.2) is 35.5 Å². The first-order valence-corrected chi connectivity index (χ1v) is 12.5. The molecule has 0 saturated heterocycles. The minimum Gasteiger partial charge on any atom is -0.482 e. The van der Waals surface area contributed by atoms with Crippen molar-refractivity contribution < 1.29 is 19.1 Å². The second-order valence-electron chi connectivity index (χ2n) is 7.29. The van der Waals surface area contributed by atoms with Crippen molar-refractivity contribution >= 4 is 40.0 Å². The number of thioether (sulfide) groups is 1. The van der Waals surface area contributed by atoms with Gasteiger partial charge in [0.2, 0.25) is 5.91 Å². The van der Waals surface area contributed by atoms with E-state index in [9.17, 15) is 9.59 Å². The lowest BCUT2D eigenvalue weighted by atomic mass is 10.2. The monoisotopic (exact) mass is 488 g/mol. The van der Waals surface area contributed by atoms with Gasteiger partial charge in [-0.25, -0.2) is 4.79 Å². The van der Waals surface area contributed by atoms with Crippen molar-refractivity contribution in [1.29, 1.82) is 0 Å². The number of nitrogens with zero attached hydrogens (tertiary/aromatic N) is 3. The van der Waals surface area contributed by atoms with E-state index in [-0.39, 0.29) is 24.4 Å². The number of benzene rings is 1. The van der Waals surface area contributed by atoms with E-state index in [4.69, 9.17) is 9.47 Å². The second-order valence-corrected chi connectivity index (χ2v) is 9.37. The maximum absolute atomic E-state index is 12.6. The number of anilines is 1. The van der Waals surface area contributed by atoms with E-state index >= 15 is 0 Å². The van der Waals surface area contributed by atoms with Gasteiger partial charge in [0, 0.05) is 11.9 Å². The molecule has 1 unspecified atom stereocenters. The molecular weight excluding hydrogens is 460 g/mol. The molecule has 2 aromatic heterocycles. The molecule has 33 heavy (non-hydrogen) atoms. The maximum atomic E-state index is 12.6. The first-order chi connectivity index (χ1) is 15.8. The van der Waals surface area contributed by atoms with Crippen molar-refractivity contribution in [3.05, 3.63) is 52.2 Å². The molecule has 3 rings (SSSR count). The molecule has 3 aromatic rings. The topological polar surface area (TPSA) is 95.3 Å². The summed E-state index contributed by atoms with van der Waals surface area (Å²) in [5, 5.41) is 12.4. The van der Waals surface area contributed by atoms with Crippen molar-refractivity contribution in [3.63, 3.8) is 0 Å². The Labute approximate surface area is 201 Å². The summed E-state index contributed by atoms with van der Waals surface area (Å²) in [7, 11) is 1.85. The van der Waals surface area contributed by atoms with Gasteiger partial charge in [0.15, 0.2) is 17.1 Å². The molecule has 10 heteroatoms.